The third-order valence-electron chi connectivity index (χ3n) is 4.01. The molecule has 0 heterocycles. The van der Waals surface area contributed by atoms with Crippen LogP contribution in [0.5, 0.6) is 5.75 Å². The molecule has 0 bridgehead atoms. The first-order valence-electron chi connectivity index (χ1n) is 11.2. The van der Waals surface area contributed by atoms with E-state index in [1.165, 1.54) is 6.07 Å². The van der Waals surface area contributed by atoms with E-state index in [2.05, 4.69) is 5.32 Å². The van der Waals surface area contributed by atoms with Crippen LogP contribution in [0.15, 0.2) is 53.5 Å². The highest BCUT2D eigenvalue weighted by Crippen LogP contribution is 2.32. The fourth-order valence-electron chi connectivity index (χ4n) is 2.78. The van der Waals surface area contributed by atoms with Gasteiger partial charge in [-0.1, -0.05) is 24.2 Å². The largest absolute Gasteiger partial charge is 0.496 e. The van der Waals surface area contributed by atoms with Gasteiger partial charge in [-0.15, -0.1) is 0 Å². The summed E-state index contributed by atoms with van der Waals surface area (Å²) in [5.41, 5.74) is -0.733. The van der Waals surface area contributed by atoms with Gasteiger partial charge in [0, 0.05) is 16.7 Å². The molecule has 3 rings (SSSR count). The first-order valence-corrected chi connectivity index (χ1v) is 7.67. The molecule has 0 saturated carbocycles. The molecule has 1 amide bonds. The van der Waals surface area contributed by atoms with Gasteiger partial charge in [0.2, 0.25) is 0 Å². The standard InChI is InChI=1S/C20H18FNO4/c1-26-18-8-3-2-5-13(18)12-9-10-17(16(21)11-12)22-19(23)14-6-4-7-15(14)20(24)25/h2-3,5,8-11H,4,6-7H2,1H3,(H,22,23)(H,24,25)/i1D3,2D,3D,5D,8D. The number of hydrogen-bond donors (Lipinski definition) is 2. The number of hydrogen-bond acceptors (Lipinski definition) is 3. The van der Waals surface area contributed by atoms with Gasteiger partial charge in [0.25, 0.3) is 5.91 Å². The van der Waals surface area contributed by atoms with Crippen molar-refractivity contribution >= 4 is 17.6 Å². The SMILES string of the molecule is [2H]c1c([2H])c([2H])c(-c2ccc(NC(=O)C3=C(C(=O)O)CCC3)c(F)c2)c(OC([2H])([2H])[2H])c1[2H]. The summed E-state index contributed by atoms with van der Waals surface area (Å²) in [7, 11) is -3.03. The van der Waals surface area contributed by atoms with E-state index in [0.29, 0.717) is 6.42 Å². The van der Waals surface area contributed by atoms with Crippen molar-refractivity contribution in [1.29, 1.82) is 0 Å². The molecule has 2 N–H and O–H groups in total. The Kier molecular flexibility index (Phi) is 3.06. The number of nitrogens with one attached hydrogen (secondary N) is 1. The molecule has 0 aromatic heterocycles. The quantitative estimate of drug-likeness (QED) is 0.843. The minimum Gasteiger partial charge on any atom is -0.496 e. The summed E-state index contributed by atoms with van der Waals surface area (Å²) in [6.07, 6.45) is 0.958. The lowest BCUT2D eigenvalue weighted by Crippen LogP contribution is -2.17. The summed E-state index contributed by atoms with van der Waals surface area (Å²) in [5.74, 6) is -3.62. The van der Waals surface area contributed by atoms with Gasteiger partial charge in [-0.05, 0) is 43.0 Å². The van der Waals surface area contributed by atoms with Crippen LogP contribution in [-0.2, 0) is 9.59 Å². The average molecular weight is 362 g/mol. The van der Waals surface area contributed by atoms with Gasteiger partial charge in [0.1, 0.15) is 11.6 Å². The van der Waals surface area contributed by atoms with E-state index < -0.39 is 54.7 Å². The van der Waals surface area contributed by atoms with Crippen molar-refractivity contribution in [1.82, 2.24) is 0 Å². The number of anilines is 1. The minimum absolute atomic E-state index is 0.0312. The topological polar surface area (TPSA) is 75.6 Å². The molecule has 1 aliphatic carbocycles. The number of methoxy groups -OCH3 is 1. The highest BCUT2D eigenvalue weighted by Gasteiger charge is 2.25. The Morgan fingerprint density at radius 3 is 2.77 bits per heavy atom. The van der Waals surface area contributed by atoms with E-state index in [-0.39, 0.29) is 40.8 Å². The number of carboxylic acid groups (broad SMARTS) is 1. The Morgan fingerprint density at radius 2 is 2.04 bits per heavy atom. The van der Waals surface area contributed by atoms with Crippen LogP contribution in [0, 0.1) is 5.82 Å². The Hall–Kier alpha value is -3.15. The van der Waals surface area contributed by atoms with Crippen molar-refractivity contribution in [3.8, 4) is 16.9 Å². The molecule has 6 heteroatoms. The van der Waals surface area contributed by atoms with Crippen molar-refractivity contribution in [2.24, 2.45) is 0 Å². The lowest BCUT2D eigenvalue weighted by Gasteiger charge is -2.11. The van der Waals surface area contributed by atoms with E-state index in [0.717, 1.165) is 12.1 Å². The number of carbonyl (C=O) groups excluding carboxylic acids is 1. The van der Waals surface area contributed by atoms with Gasteiger partial charge in [-0.25, -0.2) is 9.18 Å². The van der Waals surface area contributed by atoms with Gasteiger partial charge in [-0.3, -0.25) is 4.79 Å². The number of ether oxygens (including phenoxy) is 1. The van der Waals surface area contributed by atoms with Crippen LogP contribution in [0.3, 0.4) is 0 Å². The zero-order valence-corrected chi connectivity index (χ0v) is 13.4. The van der Waals surface area contributed by atoms with Crippen molar-refractivity contribution in [3.63, 3.8) is 0 Å². The summed E-state index contributed by atoms with van der Waals surface area (Å²) in [6, 6.07) is 0.453. The monoisotopic (exact) mass is 362 g/mol. The van der Waals surface area contributed by atoms with E-state index in [1.807, 2.05) is 0 Å². The zero-order valence-electron chi connectivity index (χ0n) is 20.4. The van der Waals surface area contributed by atoms with Crippen LogP contribution >= 0.6 is 0 Å². The second-order valence-electron chi connectivity index (χ2n) is 5.57. The van der Waals surface area contributed by atoms with Gasteiger partial charge in [-0.2, -0.15) is 0 Å². The zero-order chi connectivity index (χ0) is 24.7. The molecular weight excluding hydrogens is 337 g/mol. The van der Waals surface area contributed by atoms with Crippen LogP contribution in [0.1, 0.15) is 28.9 Å². The molecule has 0 spiro atoms. The normalized spacial score (nSPS) is 18.0. The summed E-state index contributed by atoms with van der Waals surface area (Å²) in [5, 5.41) is 11.5. The van der Waals surface area contributed by atoms with Crippen molar-refractivity contribution < 1.29 is 33.4 Å². The van der Waals surface area contributed by atoms with Crippen molar-refractivity contribution in [3.05, 3.63) is 59.3 Å². The lowest BCUT2D eigenvalue weighted by molar-refractivity contribution is -0.133. The van der Waals surface area contributed by atoms with Crippen LogP contribution < -0.4 is 10.1 Å². The number of amides is 1. The van der Waals surface area contributed by atoms with Gasteiger partial charge >= 0.3 is 5.97 Å². The highest BCUT2D eigenvalue weighted by molar-refractivity contribution is 6.09. The molecule has 2 aromatic carbocycles. The number of rotatable bonds is 5. The van der Waals surface area contributed by atoms with Crippen LogP contribution in [-0.4, -0.2) is 24.0 Å². The van der Waals surface area contributed by atoms with Crippen LogP contribution in [0.4, 0.5) is 10.1 Å². The second kappa shape index (κ2) is 7.39. The average Bonchev–Trinajstić information content (AvgIpc) is 3.22. The molecule has 2 aromatic rings. The van der Waals surface area contributed by atoms with E-state index in [9.17, 15) is 19.1 Å². The Labute approximate surface area is 159 Å². The third-order valence-corrected chi connectivity index (χ3v) is 4.01. The predicted molar refractivity (Wildman–Crippen MR) is 95.5 cm³/mol. The summed E-state index contributed by atoms with van der Waals surface area (Å²) >= 11 is 0. The summed E-state index contributed by atoms with van der Waals surface area (Å²) < 4.78 is 73.2. The molecule has 1 aliphatic rings. The van der Waals surface area contributed by atoms with E-state index in [4.69, 9.17) is 14.3 Å². The second-order valence-corrected chi connectivity index (χ2v) is 5.57. The third kappa shape index (κ3) is 3.44. The smallest absolute Gasteiger partial charge is 0.332 e. The first kappa shape index (κ1) is 10.8. The fourth-order valence-corrected chi connectivity index (χ4v) is 2.78. The van der Waals surface area contributed by atoms with Crippen molar-refractivity contribution in [2.45, 2.75) is 19.3 Å². The Balaban J connectivity index is 2.03. The maximum atomic E-state index is 14.8. The number of carbonyl (C=O) groups is 2. The number of carboxylic acids is 1. The van der Waals surface area contributed by atoms with Gasteiger partial charge in [0.05, 0.1) is 22.3 Å². The first-order chi connectivity index (χ1) is 15.3. The lowest BCUT2D eigenvalue weighted by atomic mass is 10.0. The molecule has 0 atom stereocenters. The molecule has 0 unspecified atom stereocenters. The predicted octanol–water partition coefficient (Wildman–Crippen LogP) is 4.00. The van der Waals surface area contributed by atoms with Gasteiger partial charge < -0.3 is 15.2 Å². The molecule has 0 radical (unpaired) electrons. The molecule has 5 nitrogen and oxygen atoms in total. The Morgan fingerprint density at radius 1 is 1.27 bits per heavy atom. The maximum absolute atomic E-state index is 14.8. The molecular formula is C20H18FNO4. The fraction of sp³-hybridized carbons (Fsp3) is 0.200. The maximum Gasteiger partial charge on any atom is 0.332 e. The van der Waals surface area contributed by atoms with Crippen LogP contribution in [0.2, 0.25) is 0 Å². The molecule has 0 fully saturated rings. The number of halogens is 1. The van der Waals surface area contributed by atoms with E-state index in [1.54, 1.807) is 0 Å². The number of aliphatic carboxylic acids is 1. The van der Waals surface area contributed by atoms with E-state index >= 15 is 0 Å². The Bertz CT molecular complexity index is 1190. The molecule has 0 saturated heterocycles. The molecule has 26 heavy (non-hydrogen) atoms. The van der Waals surface area contributed by atoms with Crippen molar-refractivity contribution in [2.75, 3.05) is 12.4 Å². The molecule has 134 valence electrons. The number of para-hydroxylation sites is 1. The number of benzene rings is 2. The highest BCUT2D eigenvalue weighted by atomic mass is 19.1. The minimum atomic E-state index is -3.03. The van der Waals surface area contributed by atoms with Gasteiger partial charge in [0.15, 0.2) is 0 Å². The summed E-state index contributed by atoms with van der Waals surface area (Å²) in [6.45, 7) is 0. The van der Waals surface area contributed by atoms with Crippen LogP contribution in [0.25, 0.3) is 11.1 Å². The summed E-state index contributed by atoms with van der Waals surface area (Å²) in [4.78, 5) is 23.7. The molecule has 0 aliphatic heterocycles.